The van der Waals surface area contributed by atoms with Crippen LogP contribution in [0.1, 0.15) is 153 Å². The predicted molar refractivity (Wildman–Crippen MR) is 243 cm³/mol. The lowest BCUT2D eigenvalue weighted by atomic mass is 10.1. The molecule has 2 amide bonds. The smallest absolute Gasteiger partial charge is 0.331 e. The van der Waals surface area contributed by atoms with Gasteiger partial charge in [0, 0.05) is 0 Å². The number of halogens is 2. The van der Waals surface area contributed by atoms with Crippen molar-refractivity contribution in [1.82, 2.24) is 10.9 Å². The molecule has 0 radical (unpaired) electrons. The third kappa shape index (κ3) is 29.9. The van der Waals surface area contributed by atoms with Gasteiger partial charge in [-0.25, -0.2) is 10.9 Å². The monoisotopic (exact) mass is 877 g/mol. The van der Waals surface area contributed by atoms with Gasteiger partial charge in [0.2, 0.25) is 0 Å². The Kier molecular flexibility index (Phi) is 33.5. The normalized spacial score (nSPS) is 11.6. The molecule has 0 saturated carbocycles. The zero-order valence-electron chi connectivity index (χ0n) is 38.3. The Bertz CT molecular complexity index is 1310. The van der Waals surface area contributed by atoms with Crippen LogP contribution in [0.15, 0.2) is 58.7 Å². The van der Waals surface area contributed by atoms with Gasteiger partial charge in [0.25, 0.3) is 0 Å². The molecule has 342 valence electrons. The molecule has 0 heterocycles. The number of carbonyl (C=O) groups excluding carboxylic acids is 2. The van der Waals surface area contributed by atoms with Gasteiger partial charge in [-0.3, -0.25) is 9.59 Å². The quantitative estimate of drug-likeness (QED) is 0.0365. The van der Waals surface area contributed by atoms with Crippen molar-refractivity contribution in [3.05, 3.63) is 59.7 Å². The van der Waals surface area contributed by atoms with Crippen molar-refractivity contribution < 1.29 is 52.8 Å². The molecule has 0 aliphatic carbocycles. The average Bonchev–Trinajstić information content (AvgIpc) is 3.20. The standard InChI is InChI=1S/C48H80N6O4.2ClH/c1-7-9-11-13-15-17-19-21-23-25-35-53(3,4)37-39-57-45-31-27-43(28-32-45)41-49-51-47(55)48(56)52-50-42-44-29-33-46(34-30-44)58-40-38-54(5,6)36-26-24-22-20-18-16-14-12-10-8-2;;/h27-34,41-42H,7-26,35-40H2,1-6H3;2*1H. The first kappa shape index (κ1) is 56.8. The van der Waals surface area contributed by atoms with Crippen LogP contribution in [0.2, 0.25) is 0 Å². The molecule has 0 fully saturated rings. The fourth-order valence-corrected chi connectivity index (χ4v) is 6.83. The number of likely N-dealkylation sites (N-methyl/N-ethyl adjacent to an activating group) is 2. The molecule has 0 spiro atoms. The second-order valence-electron chi connectivity index (χ2n) is 17.4. The Morgan fingerprint density at radius 1 is 0.467 bits per heavy atom. The van der Waals surface area contributed by atoms with E-state index in [9.17, 15) is 9.59 Å². The van der Waals surface area contributed by atoms with Gasteiger partial charge < -0.3 is 43.3 Å². The summed E-state index contributed by atoms with van der Waals surface area (Å²) < 4.78 is 13.9. The summed E-state index contributed by atoms with van der Waals surface area (Å²) in [4.78, 5) is 24.4. The van der Waals surface area contributed by atoms with Crippen LogP contribution < -0.4 is 45.1 Å². The third-order valence-electron chi connectivity index (χ3n) is 10.9. The van der Waals surface area contributed by atoms with E-state index in [0.717, 1.165) is 57.8 Å². The van der Waals surface area contributed by atoms with Crippen LogP contribution in [-0.4, -0.2) is 101 Å². The van der Waals surface area contributed by atoms with Crippen LogP contribution in [0.25, 0.3) is 0 Å². The lowest BCUT2D eigenvalue weighted by Gasteiger charge is -2.29. The summed E-state index contributed by atoms with van der Waals surface area (Å²) in [6, 6.07) is 15.0. The van der Waals surface area contributed by atoms with Gasteiger partial charge in [-0.1, -0.05) is 117 Å². The Morgan fingerprint density at radius 2 is 0.750 bits per heavy atom. The van der Waals surface area contributed by atoms with E-state index in [2.05, 4.69) is 63.1 Å². The maximum absolute atomic E-state index is 12.2. The maximum Gasteiger partial charge on any atom is 0.331 e. The molecular weight excluding hydrogens is 795 g/mol. The number of unbranched alkanes of at least 4 members (excludes halogenated alkanes) is 18. The van der Waals surface area contributed by atoms with E-state index in [0.29, 0.717) is 13.2 Å². The Morgan fingerprint density at radius 3 is 1.05 bits per heavy atom. The number of carbonyl (C=O) groups is 2. The summed E-state index contributed by atoms with van der Waals surface area (Å²) >= 11 is 0. The molecule has 0 unspecified atom stereocenters. The highest BCUT2D eigenvalue weighted by molar-refractivity contribution is 6.35. The SMILES string of the molecule is CCCCCCCCCCCC[N+](C)(C)CCOc1ccc(C=NNC(=O)C(=O)NN=Cc2ccc(OCC[N+](C)(C)CCCCCCCCCCCC)cc2)cc1.[Cl-].[Cl-]. The van der Waals surface area contributed by atoms with Crippen molar-refractivity contribution in [3.63, 3.8) is 0 Å². The minimum atomic E-state index is -0.912. The molecule has 2 rings (SSSR count). The topological polar surface area (TPSA) is 101 Å². The van der Waals surface area contributed by atoms with Gasteiger partial charge in [-0.05, 0) is 85.3 Å². The van der Waals surface area contributed by atoms with Crippen molar-refractivity contribution in [2.24, 2.45) is 10.2 Å². The molecule has 0 atom stereocenters. The molecule has 0 saturated heterocycles. The molecular formula is C48H82Cl2N6O4. The number of quaternary nitrogens is 2. The van der Waals surface area contributed by atoms with Crippen LogP contribution in [-0.2, 0) is 9.59 Å². The number of benzene rings is 2. The summed E-state index contributed by atoms with van der Waals surface area (Å²) in [5.41, 5.74) is 6.02. The number of nitrogens with zero attached hydrogens (tertiary/aromatic N) is 4. The van der Waals surface area contributed by atoms with Gasteiger partial charge >= 0.3 is 11.8 Å². The molecule has 2 N–H and O–H groups in total. The molecule has 0 aliphatic heterocycles. The number of nitrogens with one attached hydrogen (secondary N) is 2. The van der Waals surface area contributed by atoms with Crippen LogP contribution in [0, 0.1) is 0 Å². The second-order valence-corrected chi connectivity index (χ2v) is 17.4. The predicted octanol–water partition coefficient (Wildman–Crippen LogP) is 4.05. The maximum atomic E-state index is 12.2. The summed E-state index contributed by atoms with van der Waals surface area (Å²) in [6.07, 6.45) is 30.0. The van der Waals surface area contributed by atoms with Crippen molar-refractivity contribution in [2.45, 2.75) is 142 Å². The molecule has 2 aromatic carbocycles. The second kappa shape index (κ2) is 35.4. The van der Waals surface area contributed by atoms with E-state index < -0.39 is 11.8 Å². The summed E-state index contributed by atoms with van der Waals surface area (Å²) in [6.45, 7) is 10.0. The van der Waals surface area contributed by atoms with Crippen LogP contribution in [0.5, 0.6) is 11.5 Å². The van der Waals surface area contributed by atoms with Gasteiger partial charge in [0.05, 0.1) is 53.7 Å². The Hall–Kier alpha value is -3.18. The van der Waals surface area contributed by atoms with Gasteiger partial charge in [-0.2, -0.15) is 10.2 Å². The van der Waals surface area contributed by atoms with E-state index in [4.69, 9.17) is 9.47 Å². The first-order valence-electron chi connectivity index (χ1n) is 22.8. The van der Waals surface area contributed by atoms with Crippen molar-refractivity contribution in [2.75, 3.05) is 67.6 Å². The molecule has 0 aliphatic rings. The highest BCUT2D eigenvalue weighted by atomic mass is 35.5. The van der Waals surface area contributed by atoms with E-state index in [1.807, 2.05) is 48.5 Å². The zero-order valence-corrected chi connectivity index (χ0v) is 39.8. The van der Waals surface area contributed by atoms with E-state index >= 15 is 0 Å². The number of hydrogen-bond acceptors (Lipinski definition) is 6. The number of hydrazone groups is 2. The van der Waals surface area contributed by atoms with Crippen LogP contribution >= 0.6 is 0 Å². The van der Waals surface area contributed by atoms with E-state index in [-0.39, 0.29) is 24.8 Å². The van der Waals surface area contributed by atoms with E-state index in [1.165, 1.54) is 141 Å². The van der Waals surface area contributed by atoms with Crippen molar-refractivity contribution in [1.29, 1.82) is 0 Å². The fraction of sp³-hybridized carbons (Fsp3) is 0.667. The van der Waals surface area contributed by atoms with Gasteiger partial charge in [-0.15, -0.1) is 0 Å². The molecule has 12 heteroatoms. The van der Waals surface area contributed by atoms with Crippen molar-refractivity contribution >= 4 is 24.2 Å². The summed E-state index contributed by atoms with van der Waals surface area (Å²) in [5, 5.41) is 7.82. The zero-order chi connectivity index (χ0) is 42.2. The highest BCUT2D eigenvalue weighted by Gasteiger charge is 2.16. The Labute approximate surface area is 377 Å². The summed E-state index contributed by atoms with van der Waals surface area (Å²) in [7, 11) is 9.08. The number of amides is 2. The number of hydrogen-bond donors (Lipinski definition) is 2. The van der Waals surface area contributed by atoms with Crippen molar-refractivity contribution in [3.8, 4) is 11.5 Å². The lowest BCUT2D eigenvalue weighted by Crippen LogP contribution is -3.00. The number of ether oxygens (including phenoxy) is 2. The molecule has 0 bridgehead atoms. The highest BCUT2D eigenvalue weighted by Crippen LogP contribution is 2.16. The minimum absolute atomic E-state index is 0. The van der Waals surface area contributed by atoms with Gasteiger partial charge in [0.1, 0.15) is 37.8 Å². The minimum Gasteiger partial charge on any atom is -1.00 e. The molecule has 60 heavy (non-hydrogen) atoms. The van der Waals surface area contributed by atoms with Crippen LogP contribution in [0.4, 0.5) is 0 Å². The average molecular weight is 878 g/mol. The molecule has 2 aromatic rings. The molecule has 0 aromatic heterocycles. The van der Waals surface area contributed by atoms with Gasteiger partial charge in [0.15, 0.2) is 0 Å². The largest absolute Gasteiger partial charge is 1.00 e. The lowest BCUT2D eigenvalue weighted by molar-refractivity contribution is -0.890. The first-order chi connectivity index (χ1) is 28.0. The fourth-order valence-electron chi connectivity index (χ4n) is 6.83. The first-order valence-corrected chi connectivity index (χ1v) is 22.8. The van der Waals surface area contributed by atoms with Crippen LogP contribution in [0.3, 0.4) is 0 Å². The summed E-state index contributed by atoms with van der Waals surface area (Å²) in [5.74, 6) is -0.254. The Balaban J connectivity index is 0.0000174. The third-order valence-corrected chi connectivity index (χ3v) is 10.9. The molecule has 10 nitrogen and oxygen atoms in total. The number of rotatable bonds is 34. The van der Waals surface area contributed by atoms with E-state index in [1.54, 1.807) is 0 Å².